The molecule has 4 rings (SSSR count). The largest absolute Gasteiger partial charge is 0.453 e. The van der Waals surface area contributed by atoms with Crippen molar-refractivity contribution < 1.29 is 33.6 Å². The highest BCUT2D eigenvalue weighted by Gasteiger charge is 2.64. The van der Waals surface area contributed by atoms with Gasteiger partial charge in [0.25, 0.3) is 0 Å². The average Bonchev–Trinajstić information content (AvgIpc) is 3.08. The van der Waals surface area contributed by atoms with Gasteiger partial charge >= 0.3 is 5.97 Å². The maximum atomic E-state index is 12.6. The summed E-state index contributed by atoms with van der Waals surface area (Å²) in [6, 6.07) is 8.72. The van der Waals surface area contributed by atoms with Gasteiger partial charge < -0.3 is 28.8 Å². The van der Waals surface area contributed by atoms with E-state index in [-0.39, 0.29) is 0 Å². The number of fused-ring (bicyclic) bond motifs is 2. The van der Waals surface area contributed by atoms with E-state index in [9.17, 15) is 9.90 Å². The normalized spacial score (nSPS) is 39.9. The Morgan fingerprint density at radius 2 is 1.35 bits per heavy atom. The Kier molecular flexibility index (Phi) is 4.13. The molecule has 1 saturated carbocycles. The van der Waals surface area contributed by atoms with Gasteiger partial charge in [0.15, 0.2) is 17.7 Å². The summed E-state index contributed by atoms with van der Waals surface area (Å²) in [5.74, 6) is -2.28. The van der Waals surface area contributed by atoms with Gasteiger partial charge in [-0.1, -0.05) is 18.2 Å². The van der Waals surface area contributed by atoms with E-state index in [2.05, 4.69) is 0 Å². The van der Waals surface area contributed by atoms with Crippen LogP contribution in [0.15, 0.2) is 30.3 Å². The van der Waals surface area contributed by atoms with E-state index < -0.39 is 54.2 Å². The topological polar surface area (TPSA) is 83.5 Å². The van der Waals surface area contributed by atoms with Gasteiger partial charge in [-0.15, -0.1) is 0 Å². The molecule has 7 nitrogen and oxygen atoms in total. The van der Waals surface area contributed by atoms with Gasteiger partial charge in [-0.05, 0) is 39.8 Å². The van der Waals surface area contributed by atoms with Crippen molar-refractivity contribution in [2.24, 2.45) is 0 Å². The molecule has 4 atom stereocenters. The predicted octanol–water partition coefficient (Wildman–Crippen LogP) is 1.63. The highest BCUT2D eigenvalue weighted by Crippen LogP contribution is 2.45. The van der Waals surface area contributed by atoms with Crippen molar-refractivity contribution >= 4 is 5.97 Å². The molecule has 2 aliphatic heterocycles. The summed E-state index contributed by atoms with van der Waals surface area (Å²) < 4.78 is 29.4. The lowest BCUT2D eigenvalue weighted by Gasteiger charge is -2.40. The van der Waals surface area contributed by atoms with Crippen molar-refractivity contribution in [2.45, 2.75) is 75.9 Å². The van der Waals surface area contributed by atoms with E-state index in [1.807, 2.05) is 6.07 Å². The average molecular weight is 364 g/mol. The Hall–Kier alpha value is -1.51. The standard InChI is InChI=1S/C19H24O7/c1-18(2)23-12-11(20)13-16(26-19(3,4)24-13)14(15(12)25-18)22-17(21)10-8-6-5-7-9-10/h5-9,11-16,20H,1-4H3/t11?,12-,13-,14?,15-,16-/m0/s1. The van der Waals surface area contributed by atoms with E-state index in [0.717, 1.165) is 0 Å². The molecule has 1 aromatic carbocycles. The van der Waals surface area contributed by atoms with Gasteiger partial charge in [0.1, 0.15) is 30.5 Å². The zero-order valence-corrected chi connectivity index (χ0v) is 15.2. The second-order valence-electron chi connectivity index (χ2n) is 7.86. The predicted molar refractivity (Wildman–Crippen MR) is 89.3 cm³/mol. The fourth-order valence-electron chi connectivity index (χ4n) is 3.94. The number of carbonyl (C=O) groups is 1. The third kappa shape index (κ3) is 3.04. The van der Waals surface area contributed by atoms with Crippen LogP contribution in [0.1, 0.15) is 38.1 Å². The zero-order valence-electron chi connectivity index (χ0n) is 15.2. The number of hydrogen-bond donors (Lipinski definition) is 1. The lowest BCUT2D eigenvalue weighted by Crippen LogP contribution is -2.62. The fraction of sp³-hybridized carbons (Fsp3) is 0.632. The van der Waals surface area contributed by atoms with Crippen LogP contribution in [-0.4, -0.2) is 59.3 Å². The molecule has 0 spiro atoms. The van der Waals surface area contributed by atoms with E-state index in [4.69, 9.17) is 23.7 Å². The van der Waals surface area contributed by atoms with E-state index in [1.54, 1.807) is 52.0 Å². The quantitative estimate of drug-likeness (QED) is 0.799. The Bertz CT molecular complexity index is 654. The SMILES string of the molecule is CC1(C)O[C@@H]2C(OC(=O)c3ccccc3)[C@H]3OC(C)(C)O[C@H]3C(O)[C@@H]2O1. The first-order valence-corrected chi connectivity index (χ1v) is 8.82. The second kappa shape index (κ2) is 6.00. The van der Waals surface area contributed by atoms with Crippen LogP contribution < -0.4 is 0 Å². The van der Waals surface area contributed by atoms with Crippen LogP contribution in [-0.2, 0) is 23.7 Å². The molecular formula is C19H24O7. The van der Waals surface area contributed by atoms with Gasteiger partial charge in [0.05, 0.1) is 5.56 Å². The molecule has 26 heavy (non-hydrogen) atoms. The lowest BCUT2D eigenvalue weighted by atomic mass is 9.85. The molecule has 0 unspecified atom stereocenters. The third-order valence-electron chi connectivity index (χ3n) is 4.90. The molecule has 0 bridgehead atoms. The molecule has 2 heterocycles. The van der Waals surface area contributed by atoms with Crippen LogP contribution in [0.2, 0.25) is 0 Å². The number of rotatable bonds is 2. The van der Waals surface area contributed by atoms with Gasteiger partial charge in [0, 0.05) is 0 Å². The number of carbonyl (C=O) groups excluding carboxylic acids is 1. The third-order valence-corrected chi connectivity index (χ3v) is 4.90. The molecule has 2 saturated heterocycles. The number of ether oxygens (including phenoxy) is 5. The minimum atomic E-state index is -0.944. The highest BCUT2D eigenvalue weighted by molar-refractivity contribution is 5.89. The molecule has 1 aliphatic carbocycles. The van der Waals surface area contributed by atoms with Crippen molar-refractivity contribution in [3.8, 4) is 0 Å². The Labute approximate surface area is 152 Å². The van der Waals surface area contributed by atoms with Gasteiger partial charge in [-0.3, -0.25) is 0 Å². The molecule has 7 heteroatoms. The van der Waals surface area contributed by atoms with E-state index >= 15 is 0 Å². The van der Waals surface area contributed by atoms with E-state index in [1.165, 1.54) is 0 Å². The molecule has 1 aromatic rings. The molecule has 1 N–H and O–H groups in total. The molecule has 0 radical (unpaired) electrons. The Morgan fingerprint density at radius 3 is 1.85 bits per heavy atom. The smallest absolute Gasteiger partial charge is 0.338 e. The molecule has 0 aromatic heterocycles. The summed E-state index contributed by atoms with van der Waals surface area (Å²) >= 11 is 0. The van der Waals surface area contributed by atoms with Crippen molar-refractivity contribution in [1.82, 2.24) is 0 Å². The number of aliphatic hydroxyl groups excluding tert-OH is 1. The van der Waals surface area contributed by atoms with Gasteiger partial charge in [-0.2, -0.15) is 0 Å². The summed E-state index contributed by atoms with van der Waals surface area (Å²) in [5.41, 5.74) is 0.433. The molecule has 142 valence electrons. The van der Waals surface area contributed by atoms with Crippen LogP contribution in [0.25, 0.3) is 0 Å². The Balaban J connectivity index is 1.64. The first kappa shape index (κ1) is 17.9. The maximum Gasteiger partial charge on any atom is 0.338 e. The van der Waals surface area contributed by atoms with Crippen molar-refractivity contribution in [1.29, 1.82) is 0 Å². The van der Waals surface area contributed by atoms with Crippen molar-refractivity contribution in [2.75, 3.05) is 0 Å². The van der Waals surface area contributed by atoms with Crippen LogP contribution >= 0.6 is 0 Å². The summed E-state index contributed by atoms with van der Waals surface area (Å²) in [4.78, 5) is 12.6. The zero-order chi connectivity index (χ0) is 18.7. The van der Waals surface area contributed by atoms with Gasteiger partial charge in [-0.25, -0.2) is 4.79 Å². The van der Waals surface area contributed by atoms with Crippen molar-refractivity contribution in [3.05, 3.63) is 35.9 Å². The second-order valence-corrected chi connectivity index (χ2v) is 7.86. The maximum absolute atomic E-state index is 12.6. The highest BCUT2D eigenvalue weighted by atomic mass is 16.8. The number of aliphatic hydroxyl groups is 1. The lowest BCUT2D eigenvalue weighted by molar-refractivity contribution is -0.183. The molecule has 0 amide bonds. The summed E-state index contributed by atoms with van der Waals surface area (Å²) in [6.07, 6.45) is -4.34. The first-order chi connectivity index (χ1) is 12.2. The van der Waals surface area contributed by atoms with Crippen molar-refractivity contribution in [3.63, 3.8) is 0 Å². The van der Waals surface area contributed by atoms with Crippen LogP contribution in [0.5, 0.6) is 0 Å². The first-order valence-electron chi connectivity index (χ1n) is 8.82. The van der Waals surface area contributed by atoms with Crippen LogP contribution in [0.3, 0.4) is 0 Å². The van der Waals surface area contributed by atoms with Crippen LogP contribution in [0, 0.1) is 0 Å². The van der Waals surface area contributed by atoms with E-state index in [0.29, 0.717) is 5.56 Å². The van der Waals surface area contributed by atoms with Gasteiger partial charge in [0.2, 0.25) is 0 Å². The number of benzene rings is 1. The monoisotopic (exact) mass is 364 g/mol. The number of hydrogen-bond acceptors (Lipinski definition) is 7. The minimum absolute atomic E-state index is 0.433. The summed E-state index contributed by atoms with van der Waals surface area (Å²) in [6.45, 7) is 7.04. The number of esters is 1. The fourth-order valence-corrected chi connectivity index (χ4v) is 3.94. The summed E-state index contributed by atoms with van der Waals surface area (Å²) in [5, 5.41) is 10.7. The molecule has 3 aliphatic rings. The molecule has 3 fully saturated rings. The van der Waals surface area contributed by atoms with Crippen LogP contribution in [0.4, 0.5) is 0 Å². The molecular weight excluding hydrogens is 340 g/mol. The Morgan fingerprint density at radius 1 is 0.885 bits per heavy atom. The minimum Gasteiger partial charge on any atom is -0.453 e. The summed E-state index contributed by atoms with van der Waals surface area (Å²) in [7, 11) is 0.